The summed E-state index contributed by atoms with van der Waals surface area (Å²) in [5.74, 6) is 0.535. The van der Waals surface area contributed by atoms with Crippen molar-refractivity contribution in [2.75, 3.05) is 18.5 Å². The Hall–Kier alpha value is -0.440. The highest BCUT2D eigenvalue weighted by Gasteiger charge is 2.23. The molecule has 2 atom stereocenters. The van der Waals surface area contributed by atoms with Crippen LogP contribution in [0, 0.1) is 5.92 Å². The lowest BCUT2D eigenvalue weighted by molar-refractivity contribution is 0.183. The maximum atomic E-state index is 6.10. The summed E-state index contributed by atoms with van der Waals surface area (Å²) >= 11 is 12.2. The van der Waals surface area contributed by atoms with E-state index >= 15 is 0 Å². The van der Waals surface area contributed by atoms with Gasteiger partial charge in [-0.1, -0.05) is 29.3 Å². The molecule has 0 amide bonds. The molecule has 88 valence electrons. The van der Waals surface area contributed by atoms with Crippen LogP contribution < -0.4 is 5.32 Å². The lowest BCUT2D eigenvalue weighted by Crippen LogP contribution is -2.26. The van der Waals surface area contributed by atoms with Crippen LogP contribution in [0.25, 0.3) is 0 Å². The van der Waals surface area contributed by atoms with E-state index in [1.807, 2.05) is 18.2 Å². The first-order valence-corrected chi connectivity index (χ1v) is 6.22. The van der Waals surface area contributed by atoms with Gasteiger partial charge in [-0.3, -0.25) is 0 Å². The van der Waals surface area contributed by atoms with E-state index in [4.69, 9.17) is 27.9 Å². The molecule has 1 fully saturated rings. The minimum absolute atomic E-state index is 0.319. The molecule has 1 aliphatic heterocycles. The van der Waals surface area contributed by atoms with E-state index in [2.05, 4.69) is 12.2 Å². The zero-order valence-electron chi connectivity index (χ0n) is 9.17. The predicted octanol–water partition coefficient (Wildman–Crippen LogP) is 3.83. The number of hydrogen-bond donors (Lipinski definition) is 1. The number of benzene rings is 1. The zero-order valence-corrected chi connectivity index (χ0v) is 10.7. The Labute approximate surface area is 106 Å². The molecule has 1 aromatic rings. The van der Waals surface area contributed by atoms with Crippen LogP contribution in [0.1, 0.15) is 13.3 Å². The largest absolute Gasteiger partial charge is 0.381 e. The van der Waals surface area contributed by atoms with Crippen molar-refractivity contribution in [2.45, 2.75) is 19.4 Å². The van der Waals surface area contributed by atoms with Gasteiger partial charge in [-0.05, 0) is 25.5 Å². The van der Waals surface area contributed by atoms with Crippen LogP contribution in [0.5, 0.6) is 0 Å². The topological polar surface area (TPSA) is 21.3 Å². The van der Waals surface area contributed by atoms with Gasteiger partial charge in [-0.25, -0.2) is 0 Å². The van der Waals surface area contributed by atoms with Crippen molar-refractivity contribution in [1.29, 1.82) is 0 Å². The van der Waals surface area contributed by atoms with Crippen molar-refractivity contribution >= 4 is 28.9 Å². The van der Waals surface area contributed by atoms with Crippen molar-refractivity contribution in [3.05, 3.63) is 28.2 Å². The summed E-state index contributed by atoms with van der Waals surface area (Å²) in [4.78, 5) is 0. The first kappa shape index (κ1) is 12.0. The third-order valence-corrected chi connectivity index (χ3v) is 3.64. The van der Waals surface area contributed by atoms with Gasteiger partial charge in [0, 0.05) is 18.6 Å². The lowest BCUT2D eigenvalue weighted by Gasteiger charge is -2.21. The van der Waals surface area contributed by atoms with E-state index in [-0.39, 0.29) is 0 Å². The average molecular weight is 260 g/mol. The summed E-state index contributed by atoms with van der Waals surface area (Å²) in [7, 11) is 0. The number of halogens is 2. The van der Waals surface area contributed by atoms with Gasteiger partial charge in [0.25, 0.3) is 0 Å². The summed E-state index contributed by atoms with van der Waals surface area (Å²) in [6, 6.07) is 5.85. The molecule has 0 aliphatic carbocycles. The Balaban J connectivity index is 2.07. The quantitative estimate of drug-likeness (QED) is 0.891. The molecule has 16 heavy (non-hydrogen) atoms. The average Bonchev–Trinajstić information content (AvgIpc) is 2.76. The molecule has 1 N–H and O–H groups in total. The maximum absolute atomic E-state index is 6.10. The van der Waals surface area contributed by atoms with Crippen LogP contribution in [-0.4, -0.2) is 19.3 Å². The van der Waals surface area contributed by atoms with Crippen LogP contribution in [0.2, 0.25) is 10.0 Å². The number of rotatable bonds is 3. The van der Waals surface area contributed by atoms with E-state index < -0.39 is 0 Å². The van der Waals surface area contributed by atoms with Gasteiger partial charge in [-0.2, -0.15) is 0 Å². The highest BCUT2D eigenvalue weighted by Crippen LogP contribution is 2.32. The van der Waals surface area contributed by atoms with Crippen molar-refractivity contribution in [3.63, 3.8) is 0 Å². The molecule has 4 heteroatoms. The maximum Gasteiger partial charge on any atom is 0.0721 e. The molecule has 2 rings (SSSR count). The van der Waals surface area contributed by atoms with Gasteiger partial charge >= 0.3 is 0 Å². The van der Waals surface area contributed by atoms with E-state index in [1.165, 1.54) is 0 Å². The smallest absolute Gasteiger partial charge is 0.0721 e. The highest BCUT2D eigenvalue weighted by atomic mass is 35.5. The number of nitrogens with one attached hydrogen (secondary N) is 1. The number of para-hydroxylation sites is 1. The summed E-state index contributed by atoms with van der Waals surface area (Å²) in [5.41, 5.74) is 0.824. The van der Waals surface area contributed by atoms with Gasteiger partial charge < -0.3 is 10.1 Å². The normalized spacial score (nSPS) is 22.1. The molecule has 1 saturated heterocycles. The summed E-state index contributed by atoms with van der Waals surface area (Å²) < 4.78 is 5.37. The molecular formula is C12H15Cl2NO. The van der Waals surface area contributed by atoms with Gasteiger partial charge in [0.1, 0.15) is 0 Å². The van der Waals surface area contributed by atoms with Crippen LogP contribution >= 0.6 is 23.2 Å². The van der Waals surface area contributed by atoms with Crippen LogP contribution in [0.4, 0.5) is 5.69 Å². The Bertz CT molecular complexity index is 344. The minimum Gasteiger partial charge on any atom is -0.381 e. The van der Waals surface area contributed by atoms with Crippen LogP contribution in [0.3, 0.4) is 0 Å². The molecule has 0 aromatic heterocycles. The molecule has 0 radical (unpaired) electrons. The minimum atomic E-state index is 0.319. The molecule has 1 aromatic carbocycles. The third-order valence-electron chi connectivity index (χ3n) is 3.01. The third kappa shape index (κ3) is 2.62. The Morgan fingerprint density at radius 3 is 2.62 bits per heavy atom. The van der Waals surface area contributed by atoms with Crippen molar-refractivity contribution in [3.8, 4) is 0 Å². The van der Waals surface area contributed by atoms with Crippen molar-refractivity contribution < 1.29 is 4.74 Å². The molecule has 0 saturated carbocycles. The number of anilines is 1. The summed E-state index contributed by atoms with van der Waals surface area (Å²) in [6.07, 6.45) is 1.09. The molecule has 2 unspecified atom stereocenters. The van der Waals surface area contributed by atoms with Gasteiger partial charge in [-0.15, -0.1) is 0 Å². The van der Waals surface area contributed by atoms with E-state index in [1.54, 1.807) is 0 Å². The number of ether oxygens (including phenoxy) is 1. The Kier molecular flexibility index (Phi) is 3.95. The number of hydrogen-bond acceptors (Lipinski definition) is 2. The summed E-state index contributed by atoms with van der Waals surface area (Å²) in [5, 5.41) is 4.71. The standard InChI is InChI=1S/C12H15Cl2NO/c1-8(9-5-6-16-7-9)15-12-10(13)3-2-4-11(12)14/h2-4,8-9,15H,5-7H2,1H3. The summed E-state index contributed by atoms with van der Waals surface area (Å²) in [6.45, 7) is 3.81. The highest BCUT2D eigenvalue weighted by molar-refractivity contribution is 6.39. The predicted molar refractivity (Wildman–Crippen MR) is 68.5 cm³/mol. The van der Waals surface area contributed by atoms with E-state index in [9.17, 15) is 0 Å². The van der Waals surface area contributed by atoms with Crippen molar-refractivity contribution in [1.82, 2.24) is 0 Å². The molecule has 1 heterocycles. The lowest BCUT2D eigenvalue weighted by atomic mass is 10.0. The molecule has 1 aliphatic rings. The Morgan fingerprint density at radius 2 is 2.06 bits per heavy atom. The SMILES string of the molecule is CC(Nc1c(Cl)cccc1Cl)C1CCOC1. The first-order valence-electron chi connectivity index (χ1n) is 5.47. The molecular weight excluding hydrogens is 245 g/mol. The van der Waals surface area contributed by atoms with Gasteiger partial charge in [0.2, 0.25) is 0 Å². The van der Waals surface area contributed by atoms with Crippen LogP contribution in [0.15, 0.2) is 18.2 Å². The molecule has 0 bridgehead atoms. The van der Waals surface area contributed by atoms with E-state index in [0.717, 1.165) is 25.3 Å². The second kappa shape index (κ2) is 5.26. The van der Waals surface area contributed by atoms with Crippen LogP contribution in [-0.2, 0) is 4.74 Å². The van der Waals surface area contributed by atoms with E-state index in [0.29, 0.717) is 22.0 Å². The fourth-order valence-corrected chi connectivity index (χ4v) is 2.43. The molecule has 2 nitrogen and oxygen atoms in total. The second-order valence-corrected chi connectivity index (χ2v) is 4.97. The van der Waals surface area contributed by atoms with Gasteiger partial charge in [0.05, 0.1) is 22.3 Å². The molecule has 0 spiro atoms. The van der Waals surface area contributed by atoms with Gasteiger partial charge in [0.15, 0.2) is 0 Å². The Morgan fingerprint density at radius 1 is 1.38 bits per heavy atom. The second-order valence-electron chi connectivity index (χ2n) is 4.15. The van der Waals surface area contributed by atoms with Crippen molar-refractivity contribution in [2.24, 2.45) is 5.92 Å². The zero-order chi connectivity index (χ0) is 11.5. The first-order chi connectivity index (χ1) is 7.68. The fourth-order valence-electron chi connectivity index (χ4n) is 1.93. The monoisotopic (exact) mass is 259 g/mol. The fraction of sp³-hybridized carbons (Fsp3) is 0.500.